The molecule has 5 heteroatoms. The van der Waals surface area contributed by atoms with E-state index in [1.165, 1.54) is 95.6 Å². The molecule has 2 aromatic carbocycles. The summed E-state index contributed by atoms with van der Waals surface area (Å²) in [5.41, 5.74) is 1.38. The van der Waals surface area contributed by atoms with Crippen LogP contribution in [0.25, 0.3) is 0 Å². The molecule has 0 saturated heterocycles. The summed E-state index contributed by atoms with van der Waals surface area (Å²) in [5.74, 6) is -0.893. The first-order chi connectivity index (χ1) is 17.0. The van der Waals surface area contributed by atoms with Crippen LogP contribution in [0.5, 0.6) is 0 Å². The number of ketones is 1. The van der Waals surface area contributed by atoms with Gasteiger partial charge in [-0.15, -0.1) is 0 Å². The predicted molar refractivity (Wildman–Crippen MR) is 148 cm³/mol. The molecule has 0 heterocycles. The average Bonchev–Trinajstić information content (AvgIpc) is 2.87. The van der Waals surface area contributed by atoms with Crippen molar-refractivity contribution in [3.63, 3.8) is 0 Å². The van der Waals surface area contributed by atoms with Gasteiger partial charge in [-0.3, -0.25) is 4.79 Å². The van der Waals surface area contributed by atoms with Crippen molar-refractivity contribution in [2.45, 2.75) is 102 Å². The summed E-state index contributed by atoms with van der Waals surface area (Å²) in [6.07, 6.45) is 18.9. The van der Waals surface area contributed by atoms with Gasteiger partial charge < -0.3 is 5.32 Å². The number of anilines is 1. The van der Waals surface area contributed by atoms with Crippen LogP contribution in [0.2, 0.25) is 0 Å². The van der Waals surface area contributed by atoms with Gasteiger partial charge in [0.2, 0.25) is 0 Å². The number of Topliss-reactive ketones (excluding diaryl/α,β-unsaturated/α-hetero) is 1. The van der Waals surface area contributed by atoms with E-state index in [1.807, 2.05) is 12.1 Å². The van der Waals surface area contributed by atoms with Gasteiger partial charge in [-0.05, 0) is 42.8 Å². The molecule has 0 aliphatic heterocycles. The lowest BCUT2D eigenvalue weighted by atomic mass is 10.0. The first kappa shape index (κ1) is 29.1. The second-order valence-electron chi connectivity index (χ2n) is 9.60. The predicted octanol–water partition coefficient (Wildman–Crippen LogP) is 8.24. The number of carbonyl (C=O) groups is 1. The topological polar surface area (TPSA) is 63.2 Å². The normalized spacial score (nSPS) is 11.5. The van der Waals surface area contributed by atoms with Crippen LogP contribution in [-0.4, -0.2) is 26.5 Å². The number of hydrogen-bond donors (Lipinski definition) is 1. The molecule has 0 bridgehead atoms. The molecule has 0 saturated carbocycles. The molecule has 0 aliphatic rings. The monoisotopic (exact) mass is 499 g/mol. The number of rotatable bonds is 20. The van der Waals surface area contributed by atoms with Crippen LogP contribution < -0.4 is 5.32 Å². The lowest BCUT2D eigenvalue weighted by Crippen LogP contribution is -2.16. The van der Waals surface area contributed by atoms with E-state index in [4.69, 9.17) is 0 Å². The Morgan fingerprint density at radius 2 is 1.14 bits per heavy atom. The van der Waals surface area contributed by atoms with Crippen molar-refractivity contribution < 1.29 is 13.2 Å². The smallest absolute Gasteiger partial charge is 0.185 e. The van der Waals surface area contributed by atoms with Gasteiger partial charge in [0, 0.05) is 17.8 Å². The minimum Gasteiger partial charge on any atom is -0.385 e. The van der Waals surface area contributed by atoms with Crippen molar-refractivity contribution in [3.8, 4) is 0 Å². The number of benzene rings is 2. The third-order valence-electron chi connectivity index (χ3n) is 6.49. The first-order valence-corrected chi connectivity index (χ1v) is 15.3. The maximum atomic E-state index is 12.5. The Morgan fingerprint density at radius 1 is 0.657 bits per heavy atom. The maximum Gasteiger partial charge on any atom is 0.185 e. The fraction of sp³-hybridized carbons (Fsp3) is 0.567. The summed E-state index contributed by atoms with van der Waals surface area (Å²) >= 11 is 0. The molecule has 0 atom stereocenters. The third-order valence-corrected chi connectivity index (χ3v) is 8.12. The number of unbranched alkanes of at least 4 members (excludes halogenated alkanes) is 13. The largest absolute Gasteiger partial charge is 0.385 e. The van der Waals surface area contributed by atoms with Crippen molar-refractivity contribution >= 4 is 21.3 Å². The van der Waals surface area contributed by atoms with Crippen LogP contribution in [0, 0.1) is 0 Å². The molecule has 0 aromatic heterocycles. The highest BCUT2D eigenvalue weighted by Crippen LogP contribution is 2.16. The first-order valence-electron chi connectivity index (χ1n) is 13.7. The molecule has 2 rings (SSSR count). The second-order valence-corrected chi connectivity index (χ2v) is 11.6. The zero-order valence-electron chi connectivity index (χ0n) is 21.6. The average molecular weight is 500 g/mol. The van der Waals surface area contributed by atoms with Crippen molar-refractivity contribution in [2.75, 3.05) is 17.6 Å². The fourth-order valence-corrected chi connectivity index (χ4v) is 5.54. The Bertz CT molecular complexity index is 924. The van der Waals surface area contributed by atoms with Crippen LogP contribution >= 0.6 is 0 Å². The highest BCUT2D eigenvalue weighted by Gasteiger charge is 2.20. The van der Waals surface area contributed by atoms with E-state index >= 15 is 0 Å². The van der Waals surface area contributed by atoms with Gasteiger partial charge >= 0.3 is 0 Å². The fourth-order valence-electron chi connectivity index (χ4n) is 4.29. The van der Waals surface area contributed by atoms with Crippen LogP contribution in [-0.2, 0) is 9.84 Å². The summed E-state index contributed by atoms with van der Waals surface area (Å²) in [5, 5.41) is 3.40. The lowest BCUT2D eigenvalue weighted by Gasteiger charge is -2.08. The van der Waals surface area contributed by atoms with Gasteiger partial charge in [0.15, 0.2) is 15.6 Å². The molecule has 0 unspecified atom stereocenters. The number of carbonyl (C=O) groups excluding carboxylic acids is 1. The van der Waals surface area contributed by atoms with E-state index < -0.39 is 15.6 Å². The van der Waals surface area contributed by atoms with E-state index in [1.54, 1.807) is 30.3 Å². The molecule has 2 aromatic rings. The van der Waals surface area contributed by atoms with Crippen molar-refractivity contribution in [1.29, 1.82) is 0 Å². The summed E-state index contributed by atoms with van der Waals surface area (Å²) in [4.78, 5) is 12.6. The van der Waals surface area contributed by atoms with Gasteiger partial charge in [-0.2, -0.15) is 0 Å². The third kappa shape index (κ3) is 12.4. The Labute approximate surface area is 213 Å². The molecule has 0 spiro atoms. The molecule has 0 fully saturated rings. The number of nitrogens with one attached hydrogen (secondary N) is 1. The molecule has 194 valence electrons. The molecule has 0 amide bonds. The zero-order chi connectivity index (χ0) is 25.2. The van der Waals surface area contributed by atoms with E-state index in [2.05, 4.69) is 12.2 Å². The Kier molecular flexibility index (Phi) is 14.4. The summed E-state index contributed by atoms with van der Waals surface area (Å²) in [6, 6.07) is 15.2. The quantitative estimate of drug-likeness (QED) is 0.147. The molecular formula is C30H45NO3S. The minimum absolute atomic E-state index is 0.180. The molecule has 1 N–H and O–H groups in total. The van der Waals surface area contributed by atoms with Crippen molar-refractivity contribution in [3.05, 3.63) is 60.2 Å². The van der Waals surface area contributed by atoms with Crippen LogP contribution in [0.1, 0.15) is 107 Å². The van der Waals surface area contributed by atoms with E-state index in [0.717, 1.165) is 18.7 Å². The van der Waals surface area contributed by atoms with Crippen LogP contribution in [0.15, 0.2) is 59.5 Å². The van der Waals surface area contributed by atoms with Gasteiger partial charge in [0.1, 0.15) is 5.75 Å². The van der Waals surface area contributed by atoms with Gasteiger partial charge in [-0.25, -0.2) is 8.42 Å². The summed E-state index contributed by atoms with van der Waals surface area (Å²) in [6.45, 7) is 3.18. The van der Waals surface area contributed by atoms with E-state index in [-0.39, 0.29) is 10.7 Å². The second kappa shape index (κ2) is 17.3. The van der Waals surface area contributed by atoms with Gasteiger partial charge in [-0.1, -0.05) is 109 Å². The minimum atomic E-state index is -3.62. The maximum absolute atomic E-state index is 12.5. The molecular weight excluding hydrogens is 454 g/mol. The number of hydrogen-bond acceptors (Lipinski definition) is 4. The molecule has 0 aliphatic carbocycles. The van der Waals surface area contributed by atoms with Crippen LogP contribution in [0.3, 0.4) is 0 Å². The highest BCUT2D eigenvalue weighted by molar-refractivity contribution is 7.92. The number of sulfone groups is 1. The summed E-state index contributed by atoms with van der Waals surface area (Å²) < 4.78 is 24.8. The molecule has 4 nitrogen and oxygen atoms in total. The highest BCUT2D eigenvalue weighted by atomic mass is 32.2. The molecule has 35 heavy (non-hydrogen) atoms. The zero-order valence-corrected chi connectivity index (χ0v) is 22.5. The Hall–Kier alpha value is -2.14. The molecule has 0 radical (unpaired) electrons. The van der Waals surface area contributed by atoms with Crippen molar-refractivity contribution in [2.24, 2.45) is 0 Å². The van der Waals surface area contributed by atoms with E-state index in [9.17, 15) is 13.2 Å². The van der Waals surface area contributed by atoms with Crippen molar-refractivity contribution in [1.82, 2.24) is 0 Å². The Morgan fingerprint density at radius 3 is 1.66 bits per heavy atom. The van der Waals surface area contributed by atoms with Gasteiger partial charge in [0.25, 0.3) is 0 Å². The lowest BCUT2D eigenvalue weighted by molar-refractivity contribution is 0.102. The van der Waals surface area contributed by atoms with E-state index in [0.29, 0.717) is 5.56 Å². The van der Waals surface area contributed by atoms with Crippen LogP contribution in [0.4, 0.5) is 5.69 Å². The standard InChI is InChI=1S/C30H45NO3S/c1-2-3-4-5-6-7-8-9-10-11-12-13-14-18-25-31-28-23-21-27(22-24-28)30(32)26-35(33,34)29-19-16-15-17-20-29/h15-17,19-24,31H,2-14,18,25-26H2,1H3. The Balaban J connectivity index is 1.51. The summed E-state index contributed by atoms with van der Waals surface area (Å²) in [7, 11) is -3.62. The van der Waals surface area contributed by atoms with Gasteiger partial charge in [0.05, 0.1) is 4.90 Å². The SMILES string of the molecule is CCCCCCCCCCCCCCCCNc1ccc(C(=O)CS(=O)(=O)c2ccccc2)cc1.